The van der Waals surface area contributed by atoms with E-state index in [9.17, 15) is 9.59 Å². The molecule has 3 aromatic rings. The topological polar surface area (TPSA) is 126 Å². The Morgan fingerprint density at radius 2 is 1.90 bits per heavy atom. The molecule has 2 N–H and O–H groups in total. The van der Waals surface area contributed by atoms with E-state index in [1.54, 1.807) is 33.4 Å². The molecule has 3 aromatic heterocycles. The zero-order valence-corrected chi connectivity index (χ0v) is 25.5. The fourth-order valence-corrected chi connectivity index (χ4v) is 6.57. The van der Waals surface area contributed by atoms with Crippen molar-refractivity contribution < 1.29 is 19.1 Å². The number of carbonyl (C=O) groups is 2. The van der Waals surface area contributed by atoms with Crippen molar-refractivity contribution in [3.63, 3.8) is 0 Å². The Labute approximate surface area is 252 Å². The molecule has 0 aliphatic carbocycles. The number of rotatable bonds is 8. The maximum absolute atomic E-state index is 12.9. The summed E-state index contributed by atoms with van der Waals surface area (Å²) in [5.74, 6) is 0.0281. The van der Waals surface area contributed by atoms with Gasteiger partial charge in [0.1, 0.15) is 27.8 Å². The lowest BCUT2D eigenvalue weighted by atomic mass is 10.0. The number of ether oxygens (including phenoxy) is 2. The van der Waals surface area contributed by atoms with Gasteiger partial charge in [0.2, 0.25) is 0 Å². The third-order valence-corrected chi connectivity index (χ3v) is 9.41. The molecule has 2 aliphatic rings. The summed E-state index contributed by atoms with van der Waals surface area (Å²) in [5, 5.41) is 4.19. The van der Waals surface area contributed by atoms with Crippen LogP contribution in [0.4, 0.5) is 10.9 Å². The number of aromatic nitrogens is 4. The first-order valence-electron chi connectivity index (χ1n) is 13.7. The van der Waals surface area contributed by atoms with Gasteiger partial charge < -0.3 is 29.6 Å². The third-order valence-electron chi connectivity index (χ3n) is 7.37. The van der Waals surface area contributed by atoms with Gasteiger partial charge in [-0.2, -0.15) is 0 Å². The summed E-state index contributed by atoms with van der Waals surface area (Å²) >= 11 is 13.6. The second-order valence-corrected chi connectivity index (χ2v) is 11.8. The number of thiazole rings is 1. The number of aromatic amines is 1. The Morgan fingerprint density at radius 3 is 2.54 bits per heavy atom. The van der Waals surface area contributed by atoms with Crippen molar-refractivity contribution in [3.8, 4) is 11.4 Å². The van der Waals surface area contributed by atoms with Gasteiger partial charge in [-0.15, -0.1) is 0 Å². The van der Waals surface area contributed by atoms with Crippen LogP contribution in [0.1, 0.15) is 58.5 Å². The molecule has 220 valence electrons. The molecule has 2 saturated heterocycles. The van der Waals surface area contributed by atoms with E-state index in [4.69, 9.17) is 37.7 Å². The summed E-state index contributed by atoms with van der Waals surface area (Å²) < 4.78 is 11.1. The molecule has 2 fully saturated rings. The number of halogens is 2. The number of carbonyl (C=O) groups excluding carboxylic acids is 2. The van der Waals surface area contributed by atoms with Gasteiger partial charge in [-0.05, 0) is 39.5 Å². The number of nitrogens with zero attached hydrogens (tertiary/aromatic N) is 5. The molecular weight excluding hydrogens is 589 g/mol. The first-order valence-corrected chi connectivity index (χ1v) is 15.2. The average Bonchev–Trinajstić information content (AvgIpc) is 3.55. The van der Waals surface area contributed by atoms with Gasteiger partial charge in [-0.3, -0.25) is 4.79 Å². The van der Waals surface area contributed by atoms with Crippen molar-refractivity contribution >= 4 is 57.4 Å². The van der Waals surface area contributed by atoms with Gasteiger partial charge in [0.05, 0.1) is 41.2 Å². The fraction of sp³-hybridized carbons (Fsp3) is 0.519. The highest BCUT2D eigenvalue weighted by atomic mass is 35.5. The Morgan fingerprint density at radius 1 is 1.12 bits per heavy atom. The largest absolute Gasteiger partial charge is 0.462 e. The summed E-state index contributed by atoms with van der Waals surface area (Å²) in [4.78, 5) is 47.5. The summed E-state index contributed by atoms with van der Waals surface area (Å²) in [6, 6.07) is -0.264. The average molecular weight is 623 g/mol. The minimum Gasteiger partial charge on any atom is -0.462 e. The van der Waals surface area contributed by atoms with Gasteiger partial charge in [0.25, 0.3) is 5.91 Å². The van der Waals surface area contributed by atoms with Crippen LogP contribution in [0.25, 0.3) is 11.4 Å². The lowest BCUT2D eigenvalue weighted by Gasteiger charge is -2.37. The van der Waals surface area contributed by atoms with Crippen LogP contribution in [0.5, 0.6) is 0 Å². The number of hydrogen-bond acceptors (Lipinski definition) is 10. The number of esters is 1. The summed E-state index contributed by atoms with van der Waals surface area (Å²) in [6.45, 7) is 6.73. The first kappa shape index (κ1) is 29.6. The smallest absolute Gasteiger partial charge is 0.350 e. The second-order valence-electron chi connectivity index (χ2n) is 10.0. The zero-order valence-electron chi connectivity index (χ0n) is 23.2. The predicted octanol–water partition coefficient (Wildman–Crippen LogP) is 4.73. The molecule has 1 amide bonds. The van der Waals surface area contributed by atoms with Crippen molar-refractivity contribution in [1.82, 2.24) is 25.3 Å². The fourth-order valence-electron chi connectivity index (χ4n) is 5.15. The molecule has 0 radical (unpaired) electrons. The molecule has 2 aliphatic heterocycles. The van der Waals surface area contributed by atoms with E-state index in [1.807, 2.05) is 4.90 Å². The number of nitrogens with one attached hydrogen (secondary N) is 2. The number of hydrogen-bond donors (Lipinski definition) is 2. The quantitative estimate of drug-likeness (QED) is 0.343. The molecule has 11 nitrogen and oxygen atoms in total. The standard InChI is InChI=1S/C27H33Cl2N7O4S/c1-4-40-26(38)24-22(17-12-31-19(13-30-17)35-9-6-5-7-10-35)34-27(41-24)36-11-8-16(18(14-36)39-3)33-25(37)23-21(29)20(28)15(2)32-23/h12-13,16,18,32H,4-11,14H2,1-3H3,(H,33,37)/t16-,18+/m1/s1. The Kier molecular flexibility index (Phi) is 9.32. The molecule has 14 heteroatoms. The van der Waals surface area contributed by atoms with Crippen LogP contribution in [-0.4, -0.2) is 83.9 Å². The molecule has 0 saturated carbocycles. The van der Waals surface area contributed by atoms with Crippen molar-refractivity contribution in [2.45, 2.75) is 51.7 Å². The van der Waals surface area contributed by atoms with Gasteiger partial charge in [0.15, 0.2) is 5.13 Å². The molecule has 5 heterocycles. The Balaban J connectivity index is 1.34. The van der Waals surface area contributed by atoms with Crippen LogP contribution in [0.2, 0.25) is 10.0 Å². The highest BCUT2D eigenvalue weighted by Gasteiger charge is 2.34. The maximum atomic E-state index is 12.9. The number of amides is 1. The Hall–Kier alpha value is -2.93. The highest BCUT2D eigenvalue weighted by Crippen LogP contribution is 2.35. The lowest BCUT2D eigenvalue weighted by molar-refractivity contribution is 0.0531. The molecule has 0 aromatic carbocycles. The zero-order chi connectivity index (χ0) is 29.1. The molecule has 41 heavy (non-hydrogen) atoms. The normalized spacial score (nSPS) is 19.3. The molecule has 0 bridgehead atoms. The highest BCUT2D eigenvalue weighted by molar-refractivity contribution is 7.17. The van der Waals surface area contributed by atoms with Crippen LogP contribution in [0, 0.1) is 6.92 Å². The van der Waals surface area contributed by atoms with Crippen LogP contribution in [0.15, 0.2) is 12.4 Å². The molecule has 2 atom stereocenters. The predicted molar refractivity (Wildman–Crippen MR) is 160 cm³/mol. The van der Waals surface area contributed by atoms with Crippen LogP contribution in [-0.2, 0) is 9.47 Å². The van der Waals surface area contributed by atoms with Gasteiger partial charge in [0, 0.05) is 39.0 Å². The molecule has 5 rings (SSSR count). The summed E-state index contributed by atoms with van der Waals surface area (Å²) in [7, 11) is 1.60. The summed E-state index contributed by atoms with van der Waals surface area (Å²) in [6.07, 6.45) is 7.18. The number of aryl methyl sites for hydroxylation is 1. The summed E-state index contributed by atoms with van der Waals surface area (Å²) in [5.41, 5.74) is 1.81. The number of piperidine rings is 2. The SMILES string of the molecule is CCOC(=O)c1sc(N2CC[C@@H](NC(=O)c3[nH]c(C)c(Cl)c3Cl)[C@@H](OC)C2)nc1-c1cnc(N2CCCCC2)cn1. The number of H-pyrrole nitrogens is 1. The van der Waals surface area contributed by atoms with Gasteiger partial charge in [-0.1, -0.05) is 34.5 Å². The van der Waals surface area contributed by atoms with Crippen LogP contribution >= 0.6 is 34.5 Å². The minimum atomic E-state index is -0.449. The van der Waals surface area contributed by atoms with Gasteiger partial charge >= 0.3 is 5.97 Å². The van der Waals surface area contributed by atoms with E-state index in [1.165, 1.54) is 17.8 Å². The maximum Gasteiger partial charge on any atom is 0.350 e. The number of methoxy groups -OCH3 is 1. The third kappa shape index (κ3) is 6.30. The van der Waals surface area contributed by atoms with E-state index in [2.05, 4.69) is 25.2 Å². The first-order chi connectivity index (χ1) is 19.8. The van der Waals surface area contributed by atoms with Gasteiger partial charge in [-0.25, -0.2) is 19.7 Å². The van der Waals surface area contributed by atoms with E-state index in [0.29, 0.717) is 51.6 Å². The lowest BCUT2D eigenvalue weighted by Crippen LogP contribution is -2.55. The van der Waals surface area contributed by atoms with Crippen molar-refractivity contribution in [2.24, 2.45) is 0 Å². The van der Waals surface area contributed by atoms with Crippen LogP contribution < -0.4 is 15.1 Å². The monoisotopic (exact) mass is 621 g/mol. The van der Waals surface area contributed by atoms with Crippen LogP contribution in [0.3, 0.4) is 0 Å². The molecule has 0 spiro atoms. The van der Waals surface area contributed by atoms with Crippen molar-refractivity contribution in [1.29, 1.82) is 0 Å². The van der Waals surface area contributed by atoms with E-state index >= 15 is 0 Å². The Bertz CT molecular complexity index is 1390. The number of anilines is 2. The minimum absolute atomic E-state index is 0.196. The molecule has 0 unspecified atom stereocenters. The van der Waals surface area contributed by atoms with E-state index in [-0.39, 0.29) is 35.4 Å². The molecular formula is C27H33Cl2N7O4S. The van der Waals surface area contributed by atoms with E-state index in [0.717, 1.165) is 31.7 Å². The van der Waals surface area contributed by atoms with Crippen molar-refractivity contribution in [2.75, 3.05) is 49.7 Å². The van der Waals surface area contributed by atoms with E-state index < -0.39 is 5.97 Å². The second kappa shape index (κ2) is 12.9. The van der Waals surface area contributed by atoms with Crippen molar-refractivity contribution in [3.05, 3.63) is 38.7 Å².